The molecule has 2 aromatic rings. The van der Waals surface area contributed by atoms with Crippen LogP contribution < -0.4 is 4.72 Å². The zero-order valence-corrected chi connectivity index (χ0v) is 12.8. The quantitative estimate of drug-likeness (QED) is 0.709. The standard InChI is InChI=1S/C15H18N2O4S/c18-10-12-21-11-9-17-22(19,20)15-3-1-13(2-4-15)14-5-7-16-8-6-14/h1-8,17-18H,9-12H2. The molecule has 0 atom stereocenters. The molecule has 0 fully saturated rings. The van der Waals surface area contributed by atoms with Crippen LogP contribution in [0, 0.1) is 0 Å². The first kappa shape index (κ1) is 16.6. The van der Waals surface area contributed by atoms with Crippen molar-refractivity contribution in [1.29, 1.82) is 0 Å². The summed E-state index contributed by atoms with van der Waals surface area (Å²) in [5, 5.41) is 8.56. The monoisotopic (exact) mass is 322 g/mol. The van der Waals surface area contributed by atoms with E-state index in [9.17, 15) is 8.42 Å². The lowest BCUT2D eigenvalue weighted by atomic mass is 10.1. The van der Waals surface area contributed by atoms with E-state index in [1.54, 1.807) is 36.7 Å². The van der Waals surface area contributed by atoms with Crippen molar-refractivity contribution in [3.05, 3.63) is 48.8 Å². The molecule has 118 valence electrons. The van der Waals surface area contributed by atoms with E-state index in [4.69, 9.17) is 9.84 Å². The van der Waals surface area contributed by atoms with E-state index in [1.807, 2.05) is 12.1 Å². The number of benzene rings is 1. The first-order valence-corrected chi connectivity index (χ1v) is 8.30. The third-order valence-corrected chi connectivity index (χ3v) is 4.43. The molecule has 0 radical (unpaired) electrons. The van der Waals surface area contributed by atoms with Crippen LogP contribution in [0.15, 0.2) is 53.7 Å². The molecule has 0 saturated carbocycles. The summed E-state index contributed by atoms with van der Waals surface area (Å²) in [7, 11) is -3.55. The zero-order chi connectivity index (χ0) is 15.8. The SMILES string of the molecule is O=S(=O)(NCCOCCO)c1ccc(-c2ccncc2)cc1. The predicted octanol–water partition coefficient (Wildman–Crippen LogP) is 1.04. The smallest absolute Gasteiger partial charge is 0.240 e. The lowest BCUT2D eigenvalue weighted by Gasteiger charge is -2.08. The maximum Gasteiger partial charge on any atom is 0.240 e. The Labute approximate surface area is 129 Å². The van der Waals surface area contributed by atoms with Crippen molar-refractivity contribution < 1.29 is 18.3 Å². The van der Waals surface area contributed by atoms with Gasteiger partial charge in [-0.25, -0.2) is 13.1 Å². The maximum absolute atomic E-state index is 12.1. The van der Waals surface area contributed by atoms with Gasteiger partial charge in [-0.3, -0.25) is 4.98 Å². The van der Waals surface area contributed by atoms with Crippen molar-refractivity contribution in [1.82, 2.24) is 9.71 Å². The number of pyridine rings is 1. The molecule has 2 rings (SSSR count). The van der Waals surface area contributed by atoms with Gasteiger partial charge in [0.05, 0.1) is 24.7 Å². The molecular weight excluding hydrogens is 304 g/mol. The van der Waals surface area contributed by atoms with Crippen molar-refractivity contribution in [3.63, 3.8) is 0 Å². The lowest BCUT2D eigenvalue weighted by molar-refractivity contribution is 0.0961. The molecule has 0 aliphatic rings. The van der Waals surface area contributed by atoms with Crippen molar-refractivity contribution in [3.8, 4) is 11.1 Å². The minimum absolute atomic E-state index is 0.0801. The van der Waals surface area contributed by atoms with E-state index < -0.39 is 10.0 Å². The summed E-state index contributed by atoms with van der Waals surface area (Å²) in [6.45, 7) is 0.495. The molecule has 0 amide bonds. The topological polar surface area (TPSA) is 88.5 Å². The Bertz CT molecular complexity index is 672. The van der Waals surface area contributed by atoms with Gasteiger partial charge in [0.1, 0.15) is 0 Å². The molecule has 0 saturated heterocycles. The second-order valence-corrected chi connectivity index (χ2v) is 6.26. The lowest BCUT2D eigenvalue weighted by Crippen LogP contribution is -2.27. The van der Waals surface area contributed by atoms with Gasteiger partial charge in [-0.2, -0.15) is 0 Å². The van der Waals surface area contributed by atoms with Crippen LogP contribution in [0.3, 0.4) is 0 Å². The van der Waals surface area contributed by atoms with E-state index in [0.717, 1.165) is 11.1 Å². The number of aromatic nitrogens is 1. The molecule has 0 bridgehead atoms. The van der Waals surface area contributed by atoms with E-state index in [1.165, 1.54) is 0 Å². The van der Waals surface area contributed by atoms with Gasteiger partial charge in [-0.1, -0.05) is 12.1 Å². The molecule has 0 aliphatic heterocycles. The van der Waals surface area contributed by atoms with E-state index in [-0.39, 0.29) is 31.3 Å². The molecule has 22 heavy (non-hydrogen) atoms. The van der Waals surface area contributed by atoms with Crippen LogP contribution in [-0.4, -0.2) is 44.9 Å². The summed E-state index contributed by atoms with van der Waals surface area (Å²) >= 11 is 0. The van der Waals surface area contributed by atoms with E-state index in [2.05, 4.69) is 9.71 Å². The molecule has 1 aromatic heterocycles. The van der Waals surface area contributed by atoms with E-state index in [0.29, 0.717) is 0 Å². The van der Waals surface area contributed by atoms with Gasteiger partial charge in [0.2, 0.25) is 10.0 Å². The second-order valence-electron chi connectivity index (χ2n) is 4.49. The van der Waals surface area contributed by atoms with Crippen LogP contribution in [0.5, 0.6) is 0 Å². The van der Waals surface area contributed by atoms with E-state index >= 15 is 0 Å². The Morgan fingerprint density at radius 1 is 1.00 bits per heavy atom. The third-order valence-electron chi connectivity index (χ3n) is 2.95. The summed E-state index contributed by atoms with van der Waals surface area (Å²) in [4.78, 5) is 4.15. The van der Waals surface area contributed by atoms with Crippen LogP contribution >= 0.6 is 0 Å². The van der Waals surface area contributed by atoms with Crippen LogP contribution in [0.2, 0.25) is 0 Å². The molecule has 0 aliphatic carbocycles. The van der Waals surface area contributed by atoms with Crippen molar-refractivity contribution in [2.75, 3.05) is 26.4 Å². The third kappa shape index (κ3) is 4.60. The molecule has 0 spiro atoms. The van der Waals surface area contributed by atoms with Crippen molar-refractivity contribution in [2.45, 2.75) is 4.90 Å². The Balaban J connectivity index is 2.00. The normalized spacial score (nSPS) is 11.5. The highest BCUT2D eigenvalue weighted by molar-refractivity contribution is 7.89. The minimum atomic E-state index is -3.55. The molecule has 0 unspecified atom stereocenters. The first-order chi connectivity index (χ1) is 10.6. The average molecular weight is 322 g/mol. The molecule has 1 heterocycles. The summed E-state index contributed by atoms with van der Waals surface area (Å²) in [5.41, 5.74) is 1.90. The highest BCUT2D eigenvalue weighted by Gasteiger charge is 2.13. The van der Waals surface area contributed by atoms with Crippen molar-refractivity contribution in [2.24, 2.45) is 0 Å². The highest BCUT2D eigenvalue weighted by atomic mass is 32.2. The fourth-order valence-corrected chi connectivity index (χ4v) is 2.88. The number of rotatable bonds is 8. The number of sulfonamides is 1. The molecule has 2 N–H and O–H groups in total. The van der Waals surface area contributed by atoms with Crippen LogP contribution in [0.25, 0.3) is 11.1 Å². The summed E-state index contributed by atoms with van der Waals surface area (Å²) in [6, 6.07) is 10.4. The summed E-state index contributed by atoms with van der Waals surface area (Å²) < 4.78 is 31.6. The predicted molar refractivity (Wildman–Crippen MR) is 82.8 cm³/mol. The average Bonchev–Trinajstić information content (AvgIpc) is 2.55. The van der Waals surface area contributed by atoms with Gasteiger partial charge in [0.15, 0.2) is 0 Å². The van der Waals surface area contributed by atoms with Gasteiger partial charge >= 0.3 is 0 Å². The van der Waals surface area contributed by atoms with Gasteiger partial charge in [0, 0.05) is 18.9 Å². The number of ether oxygens (including phenoxy) is 1. The number of hydrogen-bond donors (Lipinski definition) is 2. The van der Waals surface area contributed by atoms with Crippen LogP contribution in [0.1, 0.15) is 0 Å². The van der Waals surface area contributed by atoms with Gasteiger partial charge in [0.25, 0.3) is 0 Å². The summed E-state index contributed by atoms with van der Waals surface area (Å²) in [5.74, 6) is 0. The van der Waals surface area contributed by atoms with Crippen LogP contribution in [-0.2, 0) is 14.8 Å². The highest BCUT2D eigenvalue weighted by Crippen LogP contribution is 2.20. The van der Waals surface area contributed by atoms with Gasteiger partial charge in [-0.05, 0) is 35.4 Å². The Hall–Kier alpha value is -1.80. The molecular formula is C15H18N2O4S. The van der Waals surface area contributed by atoms with Crippen molar-refractivity contribution >= 4 is 10.0 Å². The first-order valence-electron chi connectivity index (χ1n) is 6.82. The number of hydrogen-bond acceptors (Lipinski definition) is 5. The maximum atomic E-state index is 12.1. The minimum Gasteiger partial charge on any atom is -0.394 e. The summed E-state index contributed by atoms with van der Waals surface area (Å²) in [6.07, 6.45) is 3.38. The zero-order valence-electron chi connectivity index (χ0n) is 12.0. The fourth-order valence-electron chi connectivity index (χ4n) is 1.87. The number of nitrogens with one attached hydrogen (secondary N) is 1. The second kappa shape index (κ2) is 8.00. The largest absolute Gasteiger partial charge is 0.394 e. The fraction of sp³-hybridized carbons (Fsp3) is 0.267. The number of aliphatic hydroxyl groups is 1. The Kier molecular flexibility index (Phi) is 6.02. The van der Waals surface area contributed by atoms with Gasteiger partial charge in [-0.15, -0.1) is 0 Å². The molecule has 6 nitrogen and oxygen atoms in total. The molecule has 1 aromatic carbocycles. The van der Waals surface area contributed by atoms with Crippen LogP contribution in [0.4, 0.5) is 0 Å². The number of aliphatic hydroxyl groups excluding tert-OH is 1. The Morgan fingerprint density at radius 3 is 2.27 bits per heavy atom. The molecule has 7 heteroatoms. The Morgan fingerprint density at radius 2 is 1.64 bits per heavy atom. The van der Waals surface area contributed by atoms with Gasteiger partial charge < -0.3 is 9.84 Å². The number of nitrogens with zero attached hydrogens (tertiary/aromatic N) is 1.